The highest BCUT2D eigenvalue weighted by atomic mass is 16.4. The van der Waals surface area contributed by atoms with Crippen molar-refractivity contribution in [2.45, 2.75) is 13.3 Å². The molecule has 0 spiro atoms. The van der Waals surface area contributed by atoms with Crippen LogP contribution in [0.2, 0.25) is 0 Å². The minimum atomic E-state index is 0.552. The van der Waals surface area contributed by atoms with Crippen LogP contribution in [0, 0.1) is 11.3 Å². The highest BCUT2D eigenvalue weighted by Gasteiger charge is 2.12. The number of benzene rings is 1. The normalized spacial score (nSPS) is 18.9. The number of rotatable bonds is 2. The molecule has 19 heavy (non-hydrogen) atoms. The van der Waals surface area contributed by atoms with Gasteiger partial charge in [-0.25, -0.2) is 0 Å². The van der Waals surface area contributed by atoms with E-state index in [9.17, 15) is 5.26 Å². The minimum Gasteiger partial charge on any atom is -0.410 e. The van der Waals surface area contributed by atoms with Crippen molar-refractivity contribution < 1.29 is 5.21 Å². The van der Waals surface area contributed by atoms with Crippen LogP contribution in [0.5, 0.6) is 0 Å². The second-order valence-corrected chi connectivity index (χ2v) is 4.15. The van der Waals surface area contributed by atoms with Crippen molar-refractivity contribution in [1.82, 2.24) is 0 Å². The highest BCUT2D eigenvalue weighted by molar-refractivity contribution is 6.10. The minimum absolute atomic E-state index is 0.552. The zero-order valence-electron chi connectivity index (χ0n) is 10.7. The second kappa shape index (κ2) is 5.83. The van der Waals surface area contributed by atoms with Gasteiger partial charge in [0, 0.05) is 0 Å². The van der Waals surface area contributed by atoms with Gasteiger partial charge in [0.2, 0.25) is 0 Å². The van der Waals surface area contributed by atoms with Crippen LogP contribution in [0.4, 0.5) is 0 Å². The Balaban J connectivity index is 2.53. The molecule has 0 aromatic heterocycles. The fourth-order valence-corrected chi connectivity index (χ4v) is 2.02. The predicted molar refractivity (Wildman–Crippen MR) is 75.7 cm³/mol. The van der Waals surface area contributed by atoms with Crippen molar-refractivity contribution in [3.05, 3.63) is 65.3 Å². The molecule has 0 amide bonds. The smallest absolute Gasteiger partial charge is 0.105 e. The quantitative estimate of drug-likeness (QED) is 0.494. The lowest BCUT2D eigenvalue weighted by Gasteiger charge is -2.11. The number of allylic oxidation sites excluding steroid dienone is 6. The largest absolute Gasteiger partial charge is 0.410 e. The van der Waals surface area contributed by atoms with Gasteiger partial charge in [-0.2, -0.15) is 5.26 Å². The van der Waals surface area contributed by atoms with Crippen LogP contribution in [0.3, 0.4) is 0 Å². The number of hydrogen-bond donors (Lipinski definition) is 1. The van der Waals surface area contributed by atoms with Gasteiger partial charge in [-0.05, 0) is 35.3 Å². The van der Waals surface area contributed by atoms with Crippen LogP contribution in [-0.2, 0) is 0 Å². The van der Waals surface area contributed by atoms with E-state index in [0.29, 0.717) is 11.3 Å². The lowest BCUT2D eigenvalue weighted by molar-refractivity contribution is 0.319. The van der Waals surface area contributed by atoms with E-state index in [1.807, 2.05) is 43.3 Å². The molecule has 1 N–H and O–H groups in total. The van der Waals surface area contributed by atoms with E-state index in [1.54, 1.807) is 12.2 Å². The Morgan fingerprint density at radius 1 is 1.26 bits per heavy atom. The Morgan fingerprint density at radius 2 is 2.00 bits per heavy atom. The first kappa shape index (κ1) is 12.8. The number of nitriles is 1. The molecule has 3 nitrogen and oxygen atoms in total. The molecule has 3 heteroatoms. The monoisotopic (exact) mass is 250 g/mol. The van der Waals surface area contributed by atoms with Gasteiger partial charge >= 0.3 is 0 Å². The average molecular weight is 250 g/mol. The summed E-state index contributed by atoms with van der Waals surface area (Å²) < 4.78 is 0. The Morgan fingerprint density at radius 3 is 2.58 bits per heavy atom. The van der Waals surface area contributed by atoms with Gasteiger partial charge in [0.15, 0.2) is 0 Å². The van der Waals surface area contributed by atoms with Crippen LogP contribution in [0.15, 0.2) is 64.9 Å². The molecule has 1 aromatic rings. The molecular formula is C16H14N2O. The summed E-state index contributed by atoms with van der Waals surface area (Å²) in [4.78, 5) is 0. The molecule has 0 atom stereocenters. The Bertz CT molecular complexity index is 628. The molecule has 0 radical (unpaired) electrons. The standard InChI is InChI=1S/C16H14N2O/c1-2-12-10-14(8-9-16(12)18-19)15(11-17)13-6-4-3-5-7-13/h3-10,19H,2H2,1H3/b15-14+,18-16+. The lowest BCUT2D eigenvalue weighted by atomic mass is 9.92. The number of nitrogens with zero attached hydrogens (tertiary/aromatic N) is 2. The number of oxime groups is 1. The first-order chi connectivity index (χ1) is 9.30. The van der Waals surface area contributed by atoms with E-state index in [4.69, 9.17) is 5.21 Å². The first-order valence-electron chi connectivity index (χ1n) is 6.11. The van der Waals surface area contributed by atoms with Crippen LogP contribution in [0.25, 0.3) is 5.57 Å². The van der Waals surface area contributed by atoms with Crippen LogP contribution in [-0.4, -0.2) is 10.9 Å². The molecule has 0 unspecified atom stereocenters. The highest BCUT2D eigenvalue weighted by Crippen LogP contribution is 2.25. The van der Waals surface area contributed by atoms with E-state index in [1.165, 1.54) is 0 Å². The van der Waals surface area contributed by atoms with E-state index >= 15 is 0 Å². The summed E-state index contributed by atoms with van der Waals surface area (Å²) in [5.41, 5.74) is 3.83. The summed E-state index contributed by atoms with van der Waals surface area (Å²) >= 11 is 0. The van der Waals surface area contributed by atoms with Gasteiger partial charge in [0.05, 0.1) is 5.57 Å². The third kappa shape index (κ3) is 2.63. The van der Waals surface area contributed by atoms with Crippen molar-refractivity contribution in [1.29, 1.82) is 5.26 Å². The zero-order valence-corrected chi connectivity index (χ0v) is 10.7. The maximum Gasteiger partial charge on any atom is 0.105 e. The molecule has 1 aliphatic carbocycles. The Labute approximate surface area is 112 Å². The molecule has 94 valence electrons. The number of hydrogen-bond acceptors (Lipinski definition) is 3. The molecule has 2 rings (SSSR count). The van der Waals surface area contributed by atoms with Gasteiger partial charge in [0.25, 0.3) is 0 Å². The van der Waals surface area contributed by atoms with Crippen molar-refractivity contribution in [3.63, 3.8) is 0 Å². The van der Waals surface area contributed by atoms with Gasteiger partial charge in [0.1, 0.15) is 11.8 Å². The van der Waals surface area contributed by atoms with E-state index < -0.39 is 0 Å². The molecule has 0 saturated carbocycles. The van der Waals surface area contributed by atoms with Gasteiger partial charge in [-0.1, -0.05) is 48.5 Å². The zero-order chi connectivity index (χ0) is 13.7. The van der Waals surface area contributed by atoms with E-state index in [2.05, 4.69) is 11.2 Å². The molecule has 0 aliphatic heterocycles. The third-order valence-corrected chi connectivity index (χ3v) is 3.03. The molecular weight excluding hydrogens is 236 g/mol. The van der Waals surface area contributed by atoms with Crippen molar-refractivity contribution in [3.8, 4) is 6.07 Å². The van der Waals surface area contributed by atoms with Gasteiger partial charge in [-0.3, -0.25) is 0 Å². The lowest BCUT2D eigenvalue weighted by Crippen LogP contribution is -2.04. The summed E-state index contributed by atoms with van der Waals surface area (Å²) in [6, 6.07) is 11.8. The van der Waals surface area contributed by atoms with Crippen molar-refractivity contribution in [2.24, 2.45) is 5.16 Å². The van der Waals surface area contributed by atoms with Crippen LogP contribution in [0.1, 0.15) is 18.9 Å². The van der Waals surface area contributed by atoms with E-state index in [0.717, 1.165) is 23.1 Å². The third-order valence-electron chi connectivity index (χ3n) is 3.03. The molecule has 0 heterocycles. The topological polar surface area (TPSA) is 56.4 Å². The summed E-state index contributed by atoms with van der Waals surface area (Å²) in [6.07, 6.45) is 6.19. The van der Waals surface area contributed by atoms with Crippen molar-refractivity contribution >= 4 is 11.3 Å². The molecule has 0 bridgehead atoms. The summed E-state index contributed by atoms with van der Waals surface area (Å²) in [6.45, 7) is 1.99. The van der Waals surface area contributed by atoms with Gasteiger partial charge < -0.3 is 5.21 Å². The molecule has 0 fully saturated rings. The maximum absolute atomic E-state index is 9.36. The van der Waals surface area contributed by atoms with Gasteiger partial charge in [-0.15, -0.1) is 0 Å². The summed E-state index contributed by atoms with van der Waals surface area (Å²) in [7, 11) is 0. The second-order valence-electron chi connectivity index (χ2n) is 4.15. The van der Waals surface area contributed by atoms with E-state index in [-0.39, 0.29) is 0 Å². The Kier molecular flexibility index (Phi) is 3.94. The Hall–Kier alpha value is -2.60. The molecule has 1 aliphatic rings. The first-order valence-corrected chi connectivity index (χ1v) is 6.11. The van der Waals surface area contributed by atoms with Crippen molar-refractivity contribution in [2.75, 3.05) is 0 Å². The fourth-order valence-electron chi connectivity index (χ4n) is 2.02. The fraction of sp³-hybridized carbons (Fsp3) is 0.125. The average Bonchev–Trinajstić information content (AvgIpc) is 2.49. The van der Waals surface area contributed by atoms with Crippen LogP contribution < -0.4 is 0 Å². The SMILES string of the molecule is CCC1=CC(=C(\C#N)c2ccccc2)/C=CC/1=N\O. The summed E-state index contributed by atoms with van der Waals surface area (Å²) in [5.74, 6) is 0. The maximum atomic E-state index is 9.36. The molecule has 0 saturated heterocycles. The molecule has 1 aromatic carbocycles. The van der Waals surface area contributed by atoms with Crippen LogP contribution >= 0.6 is 0 Å². The predicted octanol–water partition coefficient (Wildman–Crippen LogP) is 3.70. The summed E-state index contributed by atoms with van der Waals surface area (Å²) in [5, 5.41) is 21.5.